The fraction of sp³-hybridized carbons (Fsp3) is 0.500. The molecule has 1 aliphatic rings. The third-order valence-electron chi connectivity index (χ3n) is 4.02. The summed E-state index contributed by atoms with van der Waals surface area (Å²) in [6, 6.07) is 4.35. The number of hydrogen-bond donors (Lipinski definition) is 2. The maximum Gasteiger partial charge on any atom is 0.270 e. The number of non-ortho nitro benzene ring substituents is 1. The third-order valence-corrected chi connectivity index (χ3v) is 4.02. The van der Waals surface area contributed by atoms with Crippen LogP contribution in [0.3, 0.4) is 0 Å². The normalized spacial score (nSPS) is 22.1. The molecular formula is C14H20N4O3. The number of nitrogens with two attached hydrogens (primary N) is 2. The summed E-state index contributed by atoms with van der Waals surface area (Å²) in [5, 5.41) is 10.8. The predicted molar refractivity (Wildman–Crippen MR) is 80.2 cm³/mol. The fourth-order valence-electron chi connectivity index (χ4n) is 2.88. The number of rotatable bonds is 4. The van der Waals surface area contributed by atoms with Crippen molar-refractivity contribution < 1.29 is 9.72 Å². The van der Waals surface area contributed by atoms with Gasteiger partial charge in [0.1, 0.15) is 0 Å². The van der Waals surface area contributed by atoms with E-state index in [9.17, 15) is 14.9 Å². The van der Waals surface area contributed by atoms with Crippen LogP contribution in [0, 0.1) is 16.0 Å². The minimum absolute atomic E-state index is 0.119. The summed E-state index contributed by atoms with van der Waals surface area (Å²) >= 11 is 0. The maximum atomic E-state index is 11.6. The van der Waals surface area contributed by atoms with E-state index in [0.717, 1.165) is 19.4 Å². The van der Waals surface area contributed by atoms with Crippen molar-refractivity contribution in [3.05, 3.63) is 33.9 Å². The first-order valence-electron chi connectivity index (χ1n) is 6.99. The third kappa shape index (κ3) is 3.13. The molecule has 0 aliphatic carbocycles. The molecule has 1 fully saturated rings. The molecule has 1 amide bonds. The molecule has 7 nitrogen and oxygen atoms in total. The molecule has 2 atom stereocenters. The van der Waals surface area contributed by atoms with Crippen LogP contribution >= 0.6 is 0 Å². The summed E-state index contributed by atoms with van der Waals surface area (Å²) in [6.07, 6.45) is 1.93. The van der Waals surface area contributed by atoms with Crippen LogP contribution in [0.2, 0.25) is 0 Å². The van der Waals surface area contributed by atoms with E-state index in [1.807, 2.05) is 4.90 Å². The molecule has 1 aromatic carbocycles. The number of piperidine rings is 1. The quantitative estimate of drug-likeness (QED) is 0.640. The van der Waals surface area contributed by atoms with Gasteiger partial charge < -0.3 is 16.4 Å². The topological polar surface area (TPSA) is 115 Å². The largest absolute Gasteiger partial charge is 0.367 e. The lowest BCUT2D eigenvalue weighted by atomic mass is 9.91. The SMILES string of the molecule is CC1CCN(c2ccc([N+](=O)[O-])cc2C(N)=O)C(CN)C1. The molecule has 0 spiro atoms. The number of hydrogen-bond acceptors (Lipinski definition) is 5. The molecule has 2 unspecified atom stereocenters. The second kappa shape index (κ2) is 6.09. The van der Waals surface area contributed by atoms with Gasteiger partial charge in [0, 0.05) is 31.3 Å². The Morgan fingerprint density at radius 1 is 1.52 bits per heavy atom. The molecule has 1 aliphatic heterocycles. The van der Waals surface area contributed by atoms with Crippen LogP contribution < -0.4 is 16.4 Å². The van der Waals surface area contributed by atoms with Crippen molar-refractivity contribution >= 4 is 17.3 Å². The first-order valence-corrected chi connectivity index (χ1v) is 6.99. The van der Waals surface area contributed by atoms with E-state index >= 15 is 0 Å². The van der Waals surface area contributed by atoms with Crippen molar-refractivity contribution in [2.75, 3.05) is 18.0 Å². The standard InChI is InChI=1S/C14H20N4O3/c1-9-4-5-17(11(6-9)8-15)13-3-2-10(18(20)21)7-12(13)14(16)19/h2-3,7,9,11H,4-6,8,15H2,1H3,(H2,16,19). The van der Waals surface area contributed by atoms with E-state index in [1.165, 1.54) is 12.1 Å². The first-order chi connectivity index (χ1) is 9.93. The highest BCUT2D eigenvalue weighted by Crippen LogP contribution is 2.32. The number of nitro groups is 1. The molecular weight excluding hydrogens is 272 g/mol. The van der Waals surface area contributed by atoms with Gasteiger partial charge in [-0.3, -0.25) is 14.9 Å². The summed E-state index contributed by atoms with van der Waals surface area (Å²) in [6.45, 7) is 3.41. The summed E-state index contributed by atoms with van der Waals surface area (Å²) in [4.78, 5) is 24.0. The smallest absolute Gasteiger partial charge is 0.270 e. The van der Waals surface area contributed by atoms with E-state index < -0.39 is 10.8 Å². The van der Waals surface area contributed by atoms with E-state index in [-0.39, 0.29) is 17.3 Å². The molecule has 0 saturated carbocycles. The van der Waals surface area contributed by atoms with Gasteiger partial charge in [0.25, 0.3) is 11.6 Å². The zero-order chi connectivity index (χ0) is 15.6. The van der Waals surface area contributed by atoms with Gasteiger partial charge in [0.15, 0.2) is 0 Å². The van der Waals surface area contributed by atoms with Crippen LogP contribution in [0.4, 0.5) is 11.4 Å². The molecule has 7 heteroatoms. The van der Waals surface area contributed by atoms with E-state index in [1.54, 1.807) is 6.07 Å². The van der Waals surface area contributed by atoms with Gasteiger partial charge >= 0.3 is 0 Å². The van der Waals surface area contributed by atoms with Crippen molar-refractivity contribution in [2.24, 2.45) is 17.4 Å². The molecule has 4 N–H and O–H groups in total. The van der Waals surface area contributed by atoms with Crippen LogP contribution in [-0.4, -0.2) is 30.0 Å². The Morgan fingerprint density at radius 2 is 2.24 bits per heavy atom. The average Bonchev–Trinajstić information content (AvgIpc) is 2.46. The van der Waals surface area contributed by atoms with Gasteiger partial charge in [-0.05, 0) is 24.8 Å². The van der Waals surface area contributed by atoms with Crippen LogP contribution in [0.25, 0.3) is 0 Å². The van der Waals surface area contributed by atoms with Crippen LogP contribution in [0.15, 0.2) is 18.2 Å². The Kier molecular flexibility index (Phi) is 4.42. The number of carbonyl (C=O) groups is 1. The van der Waals surface area contributed by atoms with Gasteiger partial charge in [-0.1, -0.05) is 6.92 Å². The number of primary amides is 1. The number of nitro benzene ring substituents is 1. The number of carbonyl (C=O) groups excluding carboxylic acids is 1. The highest BCUT2D eigenvalue weighted by molar-refractivity contribution is 5.99. The first kappa shape index (κ1) is 15.2. The second-order valence-corrected chi connectivity index (χ2v) is 5.54. The Morgan fingerprint density at radius 3 is 2.81 bits per heavy atom. The van der Waals surface area contributed by atoms with E-state index in [4.69, 9.17) is 11.5 Å². The van der Waals surface area contributed by atoms with Crippen molar-refractivity contribution in [1.82, 2.24) is 0 Å². The van der Waals surface area contributed by atoms with E-state index in [0.29, 0.717) is 18.2 Å². The lowest BCUT2D eigenvalue weighted by Gasteiger charge is -2.40. The zero-order valence-electron chi connectivity index (χ0n) is 12.0. The Hall–Kier alpha value is -2.15. The van der Waals surface area contributed by atoms with Crippen molar-refractivity contribution in [3.8, 4) is 0 Å². The van der Waals surface area contributed by atoms with Gasteiger partial charge in [-0.2, -0.15) is 0 Å². The highest BCUT2D eigenvalue weighted by atomic mass is 16.6. The van der Waals surface area contributed by atoms with Crippen LogP contribution in [0.1, 0.15) is 30.1 Å². The average molecular weight is 292 g/mol. The van der Waals surface area contributed by atoms with Gasteiger partial charge in [-0.15, -0.1) is 0 Å². The molecule has 1 heterocycles. The molecule has 0 aromatic heterocycles. The number of amides is 1. The van der Waals surface area contributed by atoms with Crippen molar-refractivity contribution in [1.29, 1.82) is 0 Å². The summed E-state index contributed by atoms with van der Waals surface area (Å²) in [5.41, 5.74) is 11.9. The lowest BCUT2D eigenvalue weighted by Crippen LogP contribution is -2.47. The minimum Gasteiger partial charge on any atom is -0.367 e. The molecule has 0 radical (unpaired) electrons. The van der Waals surface area contributed by atoms with Crippen LogP contribution in [0.5, 0.6) is 0 Å². The maximum absolute atomic E-state index is 11.6. The Labute approximate surface area is 123 Å². The molecule has 0 bridgehead atoms. The highest BCUT2D eigenvalue weighted by Gasteiger charge is 2.28. The van der Waals surface area contributed by atoms with Gasteiger partial charge in [0.05, 0.1) is 16.2 Å². The van der Waals surface area contributed by atoms with Gasteiger partial charge in [-0.25, -0.2) is 0 Å². The second-order valence-electron chi connectivity index (χ2n) is 5.54. The molecule has 1 aromatic rings. The van der Waals surface area contributed by atoms with Crippen molar-refractivity contribution in [3.63, 3.8) is 0 Å². The molecule has 21 heavy (non-hydrogen) atoms. The van der Waals surface area contributed by atoms with Crippen LogP contribution in [-0.2, 0) is 0 Å². The number of nitrogens with zero attached hydrogens (tertiary/aromatic N) is 2. The number of anilines is 1. The Balaban J connectivity index is 2.42. The van der Waals surface area contributed by atoms with Gasteiger partial charge in [0.2, 0.25) is 0 Å². The number of benzene rings is 1. The van der Waals surface area contributed by atoms with Crippen molar-refractivity contribution in [2.45, 2.75) is 25.8 Å². The zero-order valence-corrected chi connectivity index (χ0v) is 12.0. The lowest BCUT2D eigenvalue weighted by molar-refractivity contribution is -0.384. The minimum atomic E-state index is -0.664. The predicted octanol–water partition coefficient (Wildman–Crippen LogP) is 1.26. The summed E-state index contributed by atoms with van der Waals surface area (Å²) in [7, 11) is 0. The summed E-state index contributed by atoms with van der Waals surface area (Å²) < 4.78 is 0. The monoisotopic (exact) mass is 292 g/mol. The summed E-state index contributed by atoms with van der Waals surface area (Å²) in [5.74, 6) is -0.0898. The fourth-order valence-corrected chi connectivity index (χ4v) is 2.88. The molecule has 2 rings (SSSR count). The van der Waals surface area contributed by atoms with E-state index in [2.05, 4.69) is 6.92 Å². The molecule has 114 valence electrons. The Bertz CT molecular complexity index is 561. The molecule has 1 saturated heterocycles.